The number of hydrogen-bond acceptors (Lipinski definition) is 6. The topological polar surface area (TPSA) is 61.3 Å². The molecule has 0 aliphatic rings. The molecule has 2 aromatic rings. The molecule has 1 aromatic carbocycles. The standard InChI is InChI=1S/C13H13FN2O3S/c1-8(17)10-4-3-9(7-11(10)14)19-13-15-12(16-20-13)5-6-18-2/h3-4,7H,5-6H2,1-2H3. The summed E-state index contributed by atoms with van der Waals surface area (Å²) in [4.78, 5) is 15.3. The van der Waals surface area contributed by atoms with Crippen molar-refractivity contribution in [2.24, 2.45) is 0 Å². The minimum absolute atomic E-state index is 0.0374. The highest BCUT2D eigenvalue weighted by molar-refractivity contribution is 7.07. The van der Waals surface area contributed by atoms with Gasteiger partial charge in [0, 0.05) is 31.1 Å². The smallest absolute Gasteiger partial charge is 0.298 e. The summed E-state index contributed by atoms with van der Waals surface area (Å²) in [5.74, 6) is -0.0411. The van der Waals surface area contributed by atoms with Gasteiger partial charge in [-0.05, 0) is 19.1 Å². The zero-order valence-corrected chi connectivity index (χ0v) is 11.9. The van der Waals surface area contributed by atoms with E-state index in [0.717, 1.165) is 17.6 Å². The fourth-order valence-electron chi connectivity index (χ4n) is 1.52. The predicted octanol–water partition coefficient (Wildman–Crippen LogP) is 2.86. The molecule has 2 rings (SSSR count). The van der Waals surface area contributed by atoms with Crippen LogP contribution in [0.2, 0.25) is 0 Å². The second kappa shape index (κ2) is 6.53. The number of carbonyl (C=O) groups excluding carboxylic acids is 1. The largest absolute Gasteiger partial charge is 0.430 e. The Kier molecular flexibility index (Phi) is 4.75. The number of carbonyl (C=O) groups is 1. The number of aromatic nitrogens is 2. The monoisotopic (exact) mass is 296 g/mol. The van der Waals surface area contributed by atoms with Gasteiger partial charge >= 0.3 is 0 Å². The summed E-state index contributed by atoms with van der Waals surface area (Å²) in [6, 6.07) is 4.07. The number of halogens is 1. The van der Waals surface area contributed by atoms with E-state index in [9.17, 15) is 9.18 Å². The van der Waals surface area contributed by atoms with Crippen LogP contribution in [0, 0.1) is 5.82 Å². The number of nitrogens with zero attached hydrogens (tertiary/aromatic N) is 2. The molecule has 0 bridgehead atoms. The Morgan fingerprint density at radius 3 is 2.90 bits per heavy atom. The van der Waals surface area contributed by atoms with Crippen LogP contribution in [0.15, 0.2) is 18.2 Å². The molecule has 0 amide bonds. The van der Waals surface area contributed by atoms with Gasteiger partial charge in [0.05, 0.1) is 12.2 Å². The minimum atomic E-state index is -0.612. The lowest BCUT2D eigenvalue weighted by Crippen LogP contribution is -1.97. The van der Waals surface area contributed by atoms with Gasteiger partial charge in [0.2, 0.25) is 0 Å². The van der Waals surface area contributed by atoms with Gasteiger partial charge in [-0.2, -0.15) is 9.36 Å². The Hall–Kier alpha value is -1.86. The second-order valence-electron chi connectivity index (χ2n) is 4.02. The zero-order chi connectivity index (χ0) is 14.5. The number of ether oxygens (including phenoxy) is 2. The van der Waals surface area contributed by atoms with Crippen LogP contribution in [0.4, 0.5) is 4.39 Å². The fourth-order valence-corrected chi connectivity index (χ4v) is 2.12. The summed E-state index contributed by atoms with van der Waals surface area (Å²) >= 11 is 1.08. The molecule has 0 aliphatic heterocycles. The van der Waals surface area contributed by atoms with Crippen molar-refractivity contribution in [2.45, 2.75) is 13.3 Å². The average Bonchev–Trinajstić information content (AvgIpc) is 2.83. The first kappa shape index (κ1) is 14.5. The molecule has 0 aliphatic carbocycles. The first-order valence-corrected chi connectivity index (χ1v) is 6.67. The van der Waals surface area contributed by atoms with E-state index in [1.54, 1.807) is 7.11 Å². The molecule has 0 radical (unpaired) electrons. The molecule has 7 heteroatoms. The zero-order valence-electron chi connectivity index (χ0n) is 11.1. The Labute approximate surface area is 119 Å². The molecule has 0 unspecified atom stereocenters. The van der Waals surface area contributed by atoms with Crippen molar-refractivity contribution in [3.8, 4) is 10.9 Å². The predicted molar refractivity (Wildman–Crippen MR) is 72.0 cm³/mol. The highest BCUT2D eigenvalue weighted by atomic mass is 32.1. The van der Waals surface area contributed by atoms with E-state index in [4.69, 9.17) is 9.47 Å². The number of benzene rings is 1. The van der Waals surface area contributed by atoms with Crippen LogP contribution in [0.25, 0.3) is 0 Å². The van der Waals surface area contributed by atoms with E-state index < -0.39 is 5.82 Å². The third-order valence-electron chi connectivity index (χ3n) is 2.50. The Balaban J connectivity index is 2.08. The SMILES string of the molecule is COCCc1nsc(Oc2ccc(C(C)=O)c(F)c2)n1. The first-order valence-electron chi connectivity index (χ1n) is 5.90. The fraction of sp³-hybridized carbons (Fsp3) is 0.308. The van der Waals surface area contributed by atoms with Gasteiger partial charge in [-0.1, -0.05) is 0 Å². The molecule has 106 valence electrons. The molecule has 0 N–H and O–H groups in total. The van der Waals surface area contributed by atoms with Crippen LogP contribution < -0.4 is 4.74 Å². The van der Waals surface area contributed by atoms with Crippen LogP contribution in [0.3, 0.4) is 0 Å². The second-order valence-corrected chi connectivity index (χ2v) is 4.73. The lowest BCUT2D eigenvalue weighted by atomic mass is 10.1. The summed E-state index contributed by atoms with van der Waals surface area (Å²) in [7, 11) is 1.60. The summed E-state index contributed by atoms with van der Waals surface area (Å²) in [5.41, 5.74) is 0.0374. The van der Waals surface area contributed by atoms with Gasteiger partial charge in [-0.3, -0.25) is 4.79 Å². The van der Waals surface area contributed by atoms with Crippen molar-refractivity contribution >= 4 is 17.3 Å². The number of ketones is 1. The van der Waals surface area contributed by atoms with E-state index in [2.05, 4.69) is 9.36 Å². The number of methoxy groups -OCH3 is 1. The lowest BCUT2D eigenvalue weighted by molar-refractivity contribution is 0.101. The molecule has 0 saturated heterocycles. The average molecular weight is 296 g/mol. The van der Waals surface area contributed by atoms with Gasteiger partial charge in [0.25, 0.3) is 5.19 Å². The van der Waals surface area contributed by atoms with Crippen LogP contribution >= 0.6 is 11.5 Å². The summed E-state index contributed by atoms with van der Waals surface area (Å²) < 4.78 is 28.1. The molecule has 0 spiro atoms. The van der Waals surface area contributed by atoms with E-state index in [1.807, 2.05) is 0 Å². The Bertz CT molecular complexity index is 615. The molecule has 5 nitrogen and oxygen atoms in total. The van der Waals surface area contributed by atoms with E-state index in [1.165, 1.54) is 19.1 Å². The molecule has 1 aromatic heterocycles. The maximum absolute atomic E-state index is 13.6. The third-order valence-corrected chi connectivity index (χ3v) is 3.14. The number of hydrogen-bond donors (Lipinski definition) is 0. The minimum Gasteiger partial charge on any atom is -0.430 e. The van der Waals surface area contributed by atoms with Crippen molar-refractivity contribution in [2.75, 3.05) is 13.7 Å². The maximum atomic E-state index is 13.6. The molecular formula is C13H13FN2O3S. The Morgan fingerprint density at radius 1 is 1.45 bits per heavy atom. The van der Waals surface area contributed by atoms with E-state index >= 15 is 0 Å². The van der Waals surface area contributed by atoms with Gasteiger partial charge in [0.1, 0.15) is 17.4 Å². The quantitative estimate of drug-likeness (QED) is 0.767. The highest BCUT2D eigenvalue weighted by Crippen LogP contribution is 2.25. The van der Waals surface area contributed by atoms with E-state index in [-0.39, 0.29) is 17.1 Å². The summed E-state index contributed by atoms with van der Waals surface area (Å²) in [5, 5.41) is 0.325. The van der Waals surface area contributed by atoms with Gasteiger partial charge in [0.15, 0.2) is 5.78 Å². The molecule has 1 heterocycles. The van der Waals surface area contributed by atoms with Crippen molar-refractivity contribution in [3.05, 3.63) is 35.4 Å². The Morgan fingerprint density at radius 2 is 2.25 bits per heavy atom. The molecule has 0 saturated carbocycles. The maximum Gasteiger partial charge on any atom is 0.298 e. The van der Waals surface area contributed by atoms with Crippen molar-refractivity contribution in [3.63, 3.8) is 0 Å². The lowest BCUT2D eigenvalue weighted by Gasteiger charge is -2.03. The van der Waals surface area contributed by atoms with Crippen molar-refractivity contribution in [1.29, 1.82) is 0 Å². The highest BCUT2D eigenvalue weighted by Gasteiger charge is 2.11. The van der Waals surface area contributed by atoms with Crippen LogP contribution in [-0.4, -0.2) is 28.9 Å². The van der Waals surface area contributed by atoms with Gasteiger partial charge < -0.3 is 9.47 Å². The van der Waals surface area contributed by atoms with Crippen molar-refractivity contribution < 1.29 is 18.7 Å². The summed E-state index contributed by atoms with van der Waals surface area (Å²) in [6.45, 7) is 1.84. The summed E-state index contributed by atoms with van der Waals surface area (Å²) in [6.07, 6.45) is 0.591. The van der Waals surface area contributed by atoms with Crippen LogP contribution in [-0.2, 0) is 11.2 Å². The molecule has 0 atom stereocenters. The molecule has 20 heavy (non-hydrogen) atoms. The molecule has 0 fully saturated rings. The first-order chi connectivity index (χ1) is 9.60. The number of Topliss-reactive ketones (excluding diaryl/α,β-unsaturated/α-hetero) is 1. The van der Waals surface area contributed by atoms with Crippen molar-refractivity contribution in [1.82, 2.24) is 9.36 Å². The number of rotatable bonds is 6. The molecular weight excluding hydrogens is 283 g/mol. The van der Waals surface area contributed by atoms with Crippen LogP contribution in [0.1, 0.15) is 23.1 Å². The third kappa shape index (κ3) is 3.58. The van der Waals surface area contributed by atoms with E-state index in [0.29, 0.717) is 24.0 Å². The van der Waals surface area contributed by atoms with Crippen LogP contribution in [0.5, 0.6) is 10.9 Å². The van der Waals surface area contributed by atoms with Gasteiger partial charge in [-0.25, -0.2) is 4.39 Å². The normalized spacial score (nSPS) is 10.6. The van der Waals surface area contributed by atoms with Gasteiger partial charge in [-0.15, -0.1) is 0 Å².